The van der Waals surface area contributed by atoms with Gasteiger partial charge in [0.2, 0.25) is 0 Å². The summed E-state index contributed by atoms with van der Waals surface area (Å²) in [6.07, 6.45) is 5.77. The Labute approximate surface area is 52.3 Å². The van der Waals surface area contributed by atoms with Crippen molar-refractivity contribution in [3.63, 3.8) is 0 Å². The van der Waals surface area contributed by atoms with Crippen LogP contribution in [0.15, 0.2) is 12.7 Å². The Balaban J connectivity index is 3.76. The summed E-state index contributed by atoms with van der Waals surface area (Å²) in [6, 6.07) is 0. The zero-order chi connectivity index (χ0) is 6.62. The van der Waals surface area contributed by atoms with Gasteiger partial charge >= 0.3 is 0 Å². The summed E-state index contributed by atoms with van der Waals surface area (Å²) in [6.45, 7) is 3.56. The first-order valence-electron chi connectivity index (χ1n) is 2.35. The summed E-state index contributed by atoms with van der Waals surface area (Å²) < 4.78 is 0. The topological polar surface area (TPSA) is 23.8 Å². The highest BCUT2D eigenvalue weighted by Crippen LogP contribution is 2.37. The van der Waals surface area contributed by atoms with E-state index in [0.29, 0.717) is 0 Å². The molecule has 0 amide bonds. The number of hydrogen-bond donors (Lipinski definition) is 0. The second kappa shape index (κ2) is 2.78. The molecule has 0 aliphatic rings. The van der Waals surface area contributed by atoms with Gasteiger partial charge in [0.1, 0.15) is 5.40 Å². The Morgan fingerprint density at radius 2 is 2.25 bits per heavy atom. The third-order valence-corrected chi connectivity index (χ3v) is 2.34. The molecule has 1 nitrogen and oxygen atoms in total. The van der Waals surface area contributed by atoms with Gasteiger partial charge in [0, 0.05) is 5.75 Å². The van der Waals surface area contributed by atoms with E-state index in [1.54, 1.807) is 6.08 Å². The van der Waals surface area contributed by atoms with Crippen molar-refractivity contribution in [2.75, 3.05) is 18.3 Å². The molecule has 0 saturated heterocycles. The first-order chi connectivity index (χ1) is 3.62. The molecule has 0 aromatic carbocycles. The summed E-state index contributed by atoms with van der Waals surface area (Å²) in [5.74, 6) is 0.851. The van der Waals surface area contributed by atoms with Crippen LogP contribution >= 0.6 is 10.0 Å². The van der Waals surface area contributed by atoms with E-state index in [2.05, 4.69) is 12.0 Å². The van der Waals surface area contributed by atoms with Crippen molar-refractivity contribution in [3.05, 3.63) is 12.7 Å². The Bertz CT molecular complexity index is 121. The molecule has 0 heterocycles. The van der Waals surface area contributed by atoms with Crippen molar-refractivity contribution in [1.29, 1.82) is 5.26 Å². The lowest BCUT2D eigenvalue weighted by atomic mass is 10.8. The monoisotopic (exact) mass is 129 g/mol. The number of nitriles is 1. The van der Waals surface area contributed by atoms with Gasteiger partial charge in [0.15, 0.2) is 0 Å². The number of nitrogens with zero attached hydrogens (tertiary/aromatic N) is 1. The van der Waals surface area contributed by atoms with Gasteiger partial charge < -0.3 is 0 Å². The summed E-state index contributed by atoms with van der Waals surface area (Å²) in [5.41, 5.74) is 0. The van der Waals surface area contributed by atoms with Crippen LogP contribution in [-0.4, -0.2) is 18.3 Å². The molecule has 0 unspecified atom stereocenters. The van der Waals surface area contributed by atoms with Gasteiger partial charge in [-0.25, -0.2) is 0 Å². The van der Waals surface area contributed by atoms with E-state index in [9.17, 15) is 0 Å². The number of hydrogen-bond acceptors (Lipinski definition) is 1. The Hall–Kier alpha value is -0.420. The minimum absolute atomic E-state index is 0.851. The lowest BCUT2D eigenvalue weighted by Gasteiger charge is -2.17. The van der Waals surface area contributed by atoms with E-state index in [0.717, 1.165) is 5.75 Å². The summed E-state index contributed by atoms with van der Waals surface area (Å²) in [4.78, 5) is 0. The van der Waals surface area contributed by atoms with E-state index >= 15 is 0 Å². The highest BCUT2D eigenvalue weighted by atomic mass is 32.3. The zero-order valence-corrected chi connectivity index (χ0v) is 6.16. The molecule has 46 valence electrons. The van der Waals surface area contributed by atoms with Crippen LogP contribution in [0.5, 0.6) is 0 Å². The van der Waals surface area contributed by atoms with Crippen LogP contribution in [0, 0.1) is 10.7 Å². The van der Waals surface area contributed by atoms with Crippen molar-refractivity contribution in [1.82, 2.24) is 0 Å². The maximum Gasteiger partial charge on any atom is 0.113 e. The standard InChI is InChI=1S/C6H11NS/c1-4-5-8(2,3)6-7/h4H,1,5H2,2-3H3. The molecule has 0 atom stereocenters. The molecule has 0 saturated carbocycles. The second-order valence-corrected chi connectivity index (χ2v) is 5.68. The lowest BCUT2D eigenvalue weighted by molar-refractivity contribution is 1.56. The third-order valence-electron chi connectivity index (χ3n) is 0.782. The van der Waals surface area contributed by atoms with Crippen molar-refractivity contribution >= 4 is 10.0 Å². The molecule has 2 heteroatoms. The van der Waals surface area contributed by atoms with Crippen LogP contribution in [0.4, 0.5) is 0 Å². The van der Waals surface area contributed by atoms with E-state index in [1.807, 2.05) is 12.5 Å². The third kappa shape index (κ3) is 2.70. The quantitative estimate of drug-likeness (QED) is 0.411. The fraction of sp³-hybridized carbons (Fsp3) is 0.500. The molecule has 8 heavy (non-hydrogen) atoms. The van der Waals surface area contributed by atoms with E-state index in [1.165, 1.54) is 0 Å². The first-order valence-corrected chi connectivity index (χ1v) is 4.97. The van der Waals surface area contributed by atoms with Gasteiger partial charge in [-0.3, -0.25) is 0 Å². The van der Waals surface area contributed by atoms with Crippen LogP contribution in [0.25, 0.3) is 0 Å². The average molecular weight is 129 g/mol. The fourth-order valence-corrected chi connectivity index (χ4v) is 0.996. The SMILES string of the molecule is C=CCS(C)(C)C#N. The van der Waals surface area contributed by atoms with E-state index in [-0.39, 0.29) is 0 Å². The van der Waals surface area contributed by atoms with Gasteiger partial charge in [-0.05, 0) is 12.5 Å². The smallest absolute Gasteiger partial charge is 0.113 e. The maximum atomic E-state index is 8.46. The van der Waals surface area contributed by atoms with Crippen LogP contribution in [-0.2, 0) is 0 Å². The van der Waals surface area contributed by atoms with E-state index in [4.69, 9.17) is 5.26 Å². The molecular weight excluding hydrogens is 118 g/mol. The van der Waals surface area contributed by atoms with Crippen LogP contribution in [0.3, 0.4) is 0 Å². The predicted molar refractivity (Wildman–Crippen MR) is 40.1 cm³/mol. The molecule has 0 aromatic heterocycles. The van der Waals surface area contributed by atoms with Gasteiger partial charge in [-0.1, -0.05) is 6.08 Å². The molecule has 0 fully saturated rings. The Kier molecular flexibility index (Phi) is 2.64. The normalized spacial score (nSPS) is 12.1. The summed E-state index contributed by atoms with van der Waals surface area (Å²) in [5, 5.41) is 10.7. The van der Waals surface area contributed by atoms with Crippen molar-refractivity contribution in [2.45, 2.75) is 0 Å². The highest BCUT2D eigenvalue weighted by Gasteiger charge is 2.04. The number of thiocyanates is 1. The van der Waals surface area contributed by atoms with Gasteiger partial charge in [0.05, 0.1) is 0 Å². The average Bonchev–Trinajstić information content (AvgIpc) is 1.67. The van der Waals surface area contributed by atoms with E-state index < -0.39 is 10.0 Å². The molecule has 0 aliphatic heterocycles. The van der Waals surface area contributed by atoms with Crippen molar-refractivity contribution in [2.24, 2.45) is 0 Å². The molecule has 0 bridgehead atoms. The number of rotatable bonds is 2. The minimum atomic E-state index is -0.982. The Morgan fingerprint density at radius 1 is 1.75 bits per heavy atom. The van der Waals surface area contributed by atoms with Gasteiger partial charge in [0.25, 0.3) is 0 Å². The highest BCUT2D eigenvalue weighted by molar-refractivity contribution is 8.36. The van der Waals surface area contributed by atoms with Gasteiger partial charge in [-0.15, -0.1) is 6.58 Å². The largest absolute Gasteiger partial charge is 0.187 e. The molecule has 0 N–H and O–H groups in total. The van der Waals surface area contributed by atoms with Crippen LogP contribution < -0.4 is 0 Å². The first kappa shape index (κ1) is 7.58. The van der Waals surface area contributed by atoms with Gasteiger partial charge in [-0.2, -0.15) is 15.3 Å². The van der Waals surface area contributed by atoms with Crippen LogP contribution in [0.2, 0.25) is 0 Å². The minimum Gasteiger partial charge on any atom is -0.187 e. The van der Waals surface area contributed by atoms with Crippen LogP contribution in [0.1, 0.15) is 0 Å². The van der Waals surface area contributed by atoms with Crippen molar-refractivity contribution in [3.8, 4) is 5.40 Å². The Morgan fingerprint density at radius 3 is 2.38 bits per heavy atom. The molecule has 0 aromatic rings. The van der Waals surface area contributed by atoms with Crippen molar-refractivity contribution < 1.29 is 0 Å². The fourth-order valence-electron chi connectivity index (χ4n) is 0.332. The molecule has 0 aliphatic carbocycles. The zero-order valence-electron chi connectivity index (χ0n) is 5.35. The molecule has 0 rings (SSSR count). The predicted octanol–water partition coefficient (Wildman–Crippen LogP) is 1.72. The summed E-state index contributed by atoms with van der Waals surface area (Å²) >= 11 is 0. The molecular formula is C6H11NS. The second-order valence-electron chi connectivity index (χ2n) is 2.08. The molecule has 0 spiro atoms. The summed E-state index contributed by atoms with van der Waals surface area (Å²) in [7, 11) is -0.982. The lowest BCUT2D eigenvalue weighted by Crippen LogP contribution is -1.93. The molecule has 0 radical (unpaired) electrons. The maximum absolute atomic E-state index is 8.46.